The molecule has 0 radical (unpaired) electrons. The van der Waals surface area contributed by atoms with Gasteiger partial charge in [-0.2, -0.15) is 0 Å². The third-order valence-electron chi connectivity index (χ3n) is 3.69. The molecule has 1 aromatic heterocycles. The normalized spacial score (nSPS) is 12.8. The Morgan fingerprint density at radius 1 is 1.30 bits per heavy atom. The largest absolute Gasteiger partial charge is 0.338 e. The fourth-order valence-electron chi connectivity index (χ4n) is 2.52. The van der Waals surface area contributed by atoms with E-state index in [2.05, 4.69) is 19.2 Å². The van der Waals surface area contributed by atoms with Gasteiger partial charge < -0.3 is 5.32 Å². The third kappa shape index (κ3) is 2.90. The highest BCUT2D eigenvalue weighted by atomic mass is 16.1. The lowest BCUT2D eigenvalue weighted by molar-refractivity contribution is -0.694. The lowest BCUT2D eigenvalue weighted by Crippen LogP contribution is -2.85. The highest BCUT2D eigenvalue weighted by Gasteiger charge is 2.17. The number of unbranched alkanes of at least 4 members (excludes halogenated alkanes) is 1. The molecular formula is C16H24N3O+. The molecule has 4 nitrogen and oxygen atoms in total. The van der Waals surface area contributed by atoms with Crippen LogP contribution >= 0.6 is 0 Å². The Bertz CT molecular complexity index is 633. The van der Waals surface area contributed by atoms with Crippen molar-refractivity contribution in [2.45, 2.75) is 46.2 Å². The lowest BCUT2D eigenvalue weighted by atomic mass is 10.2. The summed E-state index contributed by atoms with van der Waals surface area (Å²) in [6.45, 7) is 8.05. The molecule has 0 amide bonds. The third-order valence-corrected chi connectivity index (χ3v) is 3.69. The van der Waals surface area contributed by atoms with Crippen LogP contribution in [-0.2, 0) is 6.54 Å². The molecule has 2 aromatic rings. The van der Waals surface area contributed by atoms with E-state index in [-0.39, 0.29) is 11.6 Å². The zero-order chi connectivity index (χ0) is 14.5. The molecule has 108 valence electrons. The zero-order valence-corrected chi connectivity index (χ0v) is 12.6. The smallest absolute Gasteiger partial charge is 0.261 e. The van der Waals surface area contributed by atoms with Crippen LogP contribution in [0.1, 0.15) is 45.5 Å². The standard InChI is InChI=1S/C16H23N3O/c1-4-6-11-17-12(3)15-18-14-10-8-7-9-13(14)16(20)19(15)5-2/h7-10,12,17H,4-6,11H2,1-3H3/p+1/t12-/m0/s1. The van der Waals surface area contributed by atoms with Gasteiger partial charge in [-0.25, -0.2) is 4.98 Å². The Balaban J connectivity index is 2.43. The summed E-state index contributed by atoms with van der Waals surface area (Å²) < 4.78 is 1.80. The second-order valence-corrected chi connectivity index (χ2v) is 5.20. The van der Waals surface area contributed by atoms with Crippen molar-refractivity contribution in [1.82, 2.24) is 9.55 Å². The van der Waals surface area contributed by atoms with E-state index in [4.69, 9.17) is 4.98 Å². The van der Waals surface area contributed by atoms with Crippen molar-refractivity contribution in [2.75, 3.05) is 6.54 Å². The predicted octanol–water partition coefficient (Wildman–Crippen LogP) is 1.84. The molecule has 0 bridgehead atoms. The number of benzene rings is 1. The fourth-order valence-corrected chi connectivity index (χ4v) is 2.52. The Labute approximate surface area is 119 Å². The number of nitrogens with two attached hydrogens (primary N) is 1. The van der Waals surface area contributed by atoms with Crippen molar-refractivity contribution in [3.8, 4) is 0 Å². The summed E-state index contributed by atoms with van der Waals surface area (Å²) in [6.07, 6.45) is 2.38. The number of fused-ring (bicyclic) bond motifs is 1. The molecule has 20 heavy (non-hydrogen) atoms. The Morgan fingerprint density at radius 3 is 2.75 bits per heavy atom. The van der Waals surface area contributed by atoms with E-state index in [1.54, 1.807) is 4.57 Å². The second kappa shape index (κ2) is 6.66. The van der Waals surface area contributed by atoms with E-state index in [0.717, 1.165) is 17.9 Å². The number of quaternary nitrogens is 1. The summed E-state index contributed by atoms with van der Waals surface area (Å²) in [4.78, 5) is 17.2. The lowest BCUT2D eigenvalue weighted by Gasteiger charge is -2.16. The molecule has 1 heterocycles. The van der Waals surface area contributed by atoms with Gasteiger partial charge in [0.25, 0.3) is 5.56 Å². The summed E-state index contributed by atoms with van der Waals surface area (Å²) in [5.41, 5.74) is 0.872. The van der Waals surface area contributed by atoms with Gasteiger partial charge in [0, 0.05) is 6.54 Å². The van der Waals surface area contributed by atoms with Crippen molar-refractivity contribution in [3.63, 3.8) is 0 Å². The first-order valence-corrected chi connectivity index (χ1v) is 7.51. The zero-order valence-electron chi connectivity index (χ0n) is 12.6. The van der Waals surface area contributed by atoms with Gasteiger partial charge in [0.2, 0.25) is 0 Å². The molecule has 0 saturated carbocycles. The number of aromatic nitrogens is 2. The Kier molecular flexibility index (Phi) is 4.90. The molecule has 2 rings (SSSR count). The van der Waals surface area contributed by atoms with Gasteiger partial charge in [0.1, 0.15) is 6.04 Å². The maximum absolute atomic E-state index is 12.5. The molecule has 0 aliphatic rings. The van der Waals surface area contributed by atoms with Gasteiger partial charge in [-0.15, -0.1) is 0 Å². The van der Waals surface area contributed by atoms with E-state index in [1.807, 2.05) is 31.2 Å². The molecule has 0 unspecified atom stereocenters. The van der Waals surface area contributed by atoms with Gasteiger partial charge in [-0.1, -0.05) is 25.5 Å². The molecule has 0 aliphatic heterocycles. The Morgan fingerprint density at radius 2 is 2.05 bits per heavy atom. The van der Waals surface area contributed by atoms with Crippen LogP contribution in [-0.4, -0.2) is 16.1 Å². The van der Waals surface area contributed by atoms with E-state index >= 15 is 0 Å². The van der Waals surface area contributed by atoms with Crippen LogP contribution in [0.15, 0.2) is 29.1 Å². The molecular weight excluding hydrogens is 250 g/mol. The average molecular weight is 274 g/mol. The summed E-state index contributed by atoms with van der Waals surface area (Å²) in [6, 6.07) is 7.80. The maximum atomic E-state index is 12.5. The summed E-state index contributed by atoms with van der Waals surface area (Å²) in [5.74, 6) is 0.882. The van der Waals surface area contributed by atoms with Crippen molar-refractivity contribution in [1.29, 1.82) is 0 Å². The van der Waals surface area contributed by atoms with E-state index in [9.17, 15) is 4.79 Å². The van der Waals surface area contributed by atoms with Gasteiger partial charge in [-0.05, 0) is 32.4 Å². The van der Waals surface area contributed by atoms with Crippen LogP contribution < -0.4 is 10.9 Å². The van der Waals surface area contributed by atoms with Crippen LogP contribution in [0.2, 0.25) is 0 Å². The molecule has 0 aliphatic carbocycles. The van der Waals surface area contributed by atoms with Crippen LogP contribution in [0.3, 0.4) is 0 Å². The Hall–Kier alpha value is -1.68. The van der Waals surface area contributed by atoms with Gasteiger partial charge in [-0.3, -0.25) is 9.36 Å². The maximum Gasteiger partial charge on any atom is 0.261 e. The van der Waals surface area contributed by atoms with E-state index in [1.165, 1.54) is 12.8 Å². The minimum Gasteiger partial charge on any atom is -0.338 e. The van der Waals surface area contributed by atoms with E-state index < -0.39 is 0 Å². The van der Waals surface area contributed by atoms with Crippen molar-refractivity contribution in [3.05, 3.63) is 40.4 Å². The minimum atomic E-state index is 0.0730. The second-order valence-electron chi connectivity index (χ2n) is 5.20. The highest BCUT2D eigenvalue weighted by Crippen LogP contribution is 2.11. The van der Waals surface area contributed by atoms with Crippen LogP contribution in [0.5, 0.6) is 0 Å². The minimum absolute atomic E-state index is 0.0730. The summed E-state index contributed by atoms with van der Waals surface area (Å²) in [5, 5.41) is 2.98. The number of nitrogens with zero attached hydrogens (tertiary/aromatic N) is 2. The molecule has 1 atom stereocenters. The summed E-state index contributed by atoms with van der Waals surface area (Å²) in [7, 11) is 0. The van der Waals surface area contributed by atoms with Crippen LogP contribution in [0.25, 0.3) is 10.9 Å². The van der Waals surface area contributed by atoms with Gasteiger partial charge >= 0.3 is 0 Å². The fraction of sp³-hybridized carbons (Fsp3) is 0.500. The number of para-hydroxylation sites is 1. The summed E-state index contributed by atoms with van der Waals surface area (Å²) >= 11 is 0. The topological polar surface area (TPSA) is 51.5 Å². The van der Waals surface area contributed by atoms with E-state index in [0.29, 0.717) is 11.9 Å². The first-order chi connectivity index (χ1) is 9.69. The number of hydrogen-bond donors (Lipinski definition) is 1. The van der Waals surface area contributed by atoms with Crippen LogP contribution in [0.4, 0.5) is 0 Å². The molecule has 1 aromatic carbocycles. The molecule has 4 heteroatoms. The monoisotopic (exact) mass is 274 g/mol. The molecule has 0 fully saturated rings. The van der Waals surface area contributed by atoms with Gasteiger partial charge in [0.05, 0.1) is 17.4 Å². The van der Waals surface area contributed by atoms with Crippen molar-refractivity contribution in [2.24, 2.45) is 0 Å². The highest BCUT2D eigenvalue weighted by molar-refractivity contribution is 5.77. The number of hydrogen-bond acceptors (Lipinski definition) is 2. The van der Waals surface area contributed by atoms with Crippen molar-refractivity contribution >= 4 is 10.9 Å². The molecule has 2 N–H and O–H groups in total. The number of rotatable bonds is 6. The average Bonchev–Trinajstić information content (AvgIpc) is 2.47. The molecule has 0 saturated heterocycles. The van der Waals surface area contributed by atoms with Crippen molar-refractivity contribution < 1.29 is 5.32 Å². The first kappa shape index (κ1) is 14.7. The SMILES string of the molecule is CCCC[NH2+][C@@H](C)c1nc2ccccc2c(=O)n1CC. The van der Waals surface area contributed by atoms with Gasteiger partial charge in [0.15, 0.2) is 5.82 Å². The molecule has 0 spiro atoms. The first-order valence-electron chi connectivity index (χ1n) is 7.51. The predicted molar refractivity (Wildman–Crippen MR) is 81.8 cm³/mol. The van der Waals surface area contributed by atoms with Crippen LogP contribution in [0, 0.1) is 0 Å². The quantitative estimate of drug-likeness (QED) is 0.817.